The molecule has 0 bridgehead atoms. The van der Waals surface area contributed by atoms with Gasteiger partial charge in [-0.1, -0.05) is 75.7 Å². The summed E-state index contributed by atoms with van der Waals surface area (Å²) in [5.41, 5.74) is 0. The van der Waals surface area contributed by atoms with Crippen LogP contribution in [0.1, 0.15) is 101 Å². The van der Waals surface area contributed by atoms with Crippen molar-refractivity contribution in [3.63, 3.8) is 0 Å². The largest absolute Gasteiger partial charge is 0.460 e. The number of carbonyl (C=O) groups excluding carboxylic acids is 5. The maximum Gasteiger partial charge on any atom is 0.348 e. The van der Waals surface area contributed by atoms with Crippen LogP contribution in [0.5, 0.6) is 0 Å². The molecule has 16 nitrogen and oxygen atoms in total. The summed E-state index contributed by atoms with van der Waals surface area (Å²) in [5, 5.41) is 58.9. The van der Waals surface area contributed by atoms with Crippen LogP contribution in [0, 0.1) is 29.6 Å². The highest BCUT2D eigenvalue weighted by molar-refractivity contribution is 5.87. The number of rotatable bonds is 25. The SMILES string of the molecule is CC[C@@H](C)[C@H](OC(=O)[C@@H](OC(=O)[C@@H](OC(=O)[C@@H](OC(=O)[C@@H](O)[C@@H](C)CC)[C@@H](C)CC)[C@H](C)CC)[C@H](C)CC)C(=O)OC[C@H](O)[C@H](O)[C@H](O)[C@H](O)CO. The third-order valence-corrected chi connectivity index (χ3v) is 9.69. The van der Waals surface area contributed by atoms with E-state index in [1.165, 1.54) is 0 Å². The molecule has 0 aromatic heterocycles. The van der Waals surface area contributed by atoms with E-state index in [-0.39, 0.29) is 0 Å². The number of esters is 5. The van der Waals surface area contributed by atoms with E-state index in [1.807, 2.05) is 0 Å². The van der Waals surface area contributed by atoms with E-state index in [0.29, 0.717) is 32.1 Å². The molecule has 0 rings (SSSR count). The zero-order valence-electron chi connectivity index (χ0n) is 32.3. The van der Waals surface area contributed by atoms with Crippen LogP contribution in [0.3, 0.4) is 0 Å². The van der Waals surface area contributed by atoms with Crippen molar-refractivity contribution in [3.05, 3.63) is 0 Å². The van der Waals surface area contributed by atoms with Gasteiger partial charge in [0.1, 0.15) is 31.0 Å². The molecule has 0 heterocycles. The lowest BCUT2D eigenvalue weighted by Gasteiger charge is -2.30. The lowest BCUT2D eigenvalue weighted by atomic mass is 9.98. The fourth-order valence-electron chi connectivity index (χ4n) is 4.58. The first-order chi connectivity index (χ1) is 24.3. The standard InChI is InChI=1S/C36H64O16/c1-11-18(6)25(40)32(43)49-29(20(8)13-3)34(45)51-31(22(10)15-5)36(47)52-30(21(9)14-4)35(46)50-28(19(7)12-2)33(44)48-17-24(39)27(42)26(41)23(38)16-37/h18-31,37-42H,11-17H2,1-10H3/t18-,19+,20-,21+,22+,23+,24-,25-,26+,27-,28-,29-,30-,31-/m0/s1. The van der Waals surface area contributed by atoms with Crippen LogP contribution in [0.4, 0.5) is 0 Å². The summed E-state index contributed by atoms with van der Waals surface area (Å²) in [7, 11) is 0. The minimum Gasteiger partial charge on any atom is -0.460 e. The van der Waals surface area contributed by atoms with E-state index >= 15 is 0 Å². The molecular formula is C36H64O16. The molecule has 0 aliphatic carbocycles. The number of hydrogen-bond donors (Lipinski definition) is 6. The van der Waals surface area contributed by atoms with Crippen molar-refractivity contribution in [2.45, 2.75) is 156 Å². The van der Waals surface area contributed by atoms with Gasteiger partial charge in [0.15, 0.2) is 6.10 Å². The molecule has 0 aromatic rings. The minimum absolute atomic E-state index is 0.315. The highest BCUT2D eigenvalue weighted by Crippen LogP contribution is 2.24. The summed E-state index contributed by atoms with van der Waals surface area (Å²) in [6.07, 6.45) is -13.4. The number of aliphatic hydroxyl groups is 6. The molecule has 0 radical (unpaired) electrons. The maximum absolute atomic E-state index is 13.7. The highest BCUT2D eigenvalue weighted by atomic mass is 16.6. The Balaban J connectivity index is 6.15. The first-order valence-electron chi connectivity index (χ1n) is 18.3. The molecule has 0 unspecified atom stereocenters. The number of hydrogen-bond acceptors (Lipinski definition) is 16. The molecule has 0 aromatic carbocycles. The van der Waals surface area contributed by atoms with E-state index in [9.17, 15) is 49.5 Å². The van der Waals surface area contributed by atoms with Crippen LogP contribution >= 0.6 is 0 Å². The van der Waals surface area contributed by atoms with Crippen molar-refractivity contribution in [1.29, 1.82) is 0 Å². The Morgan fingerprint density at radius 3 is 1.04 bits per heavy atom. The van der Waals surface area contributed by atoms with Gasteiger partial charge in [0.2, 0.25) is 24.4 Å². The number of ether oxygens (including phenoxy) is 5. The molecule has 0 saturated carbocycles. The van der Waals surface area contributed by atoms with Gasteiger partial charge in [0, 0.05) is 23.7 Å². The predicted molar refractivity (Wildman–Crippen MR) is 185 cm³/mol. The van der Waals surface area contributed by atoms with Gasteiger partial charge >= 0.3 is 29.8 Å². The molecule has 304 valence electrons. The second kappa shape index (κ2) is 24.4. The monoisotopic (exact) mass is 752 g/mol. The molecular weight excluding hydrogens is 688 g/mol. The molecule has 0 aliphatic heterocycles. The van der Waals surface area contributed by atoms with Crippen LogP contribution < -0.4 is 0 Å². The predicted octanol–water partition coefficient (Wildman–Crippen LogP) is 1.20. The summed E-state index contributed by atoms with van der Waals surface area (Å²) in [6.45, 7) is 15.0. The zero-order valence-corrected chi connectivity index (χ0v) is 32.3. The second-order valence-electron chi connectivity index (χ2n) is 13.7. The first-order valence-corrected chi connectivity index (χ1v) is 18.3. The lowest BCUT2D eigenvalue weighted by Crippen LogP contribution is -2.48. The van der Waals surface area contributed by atoms with Gasteiger partial charge in [0.25, 0.3) is 0 Å². The molecule has 16 heteroatoms. The third kappa shape index (κ3) is 14.9. The fourth-order valence-corrected chi connectivity index (χ4v) is 4.58. The van der Waals surface area contributed by atoms with Crippen LogP contribution in [0.25, 0.3) is 0 Å². The van der Waals surface area contributed by atoms with E-state index in [4.69, 9.17) is 28.8 Å². The van der Waals surface area contributed by atoms with Gasteiger partial charge < -0.3 is 54.3 Å². The quantitative estimate of drug-likeness (QED) is 0.0566. The van der Waals surface area contributed by atoms with Crippen molar-refractivity contribution in [2.75, 3.05) is 13.2 Å². The summed E-state index contributed by atoms with van der Waals surface area (Å²) in [5.74, 6) is -8.22. The van der Waals surface area contributed by atoms with E-state index in [2.05, 4.69) is 0 Å². The minimum atomic E-state index is -2.00. The van der Waals surface area contributed by atoms with E-state index in [0.717, 1.165) is 0 Å². The summed E-state index contributed by atoms with van der Waals surface area (Å²) in [4.78, 5) is 66.4. The lowest BCUT2D eigenvalue weighted by molar-refractivity contribution is -0.196. The van der Waals surface area contributed by atoms with Gasteiger partial charge in [-0.2, -0.15) is 0 Å². The van der Waals surface area contributed by atoms with Gasteiger partial charge in [-0.15, -0.1) is 0 Å². The Morgan fingerprint density at radius 1 is 0.442 bits per heavy atom. The fraction of sp³-hybridized carbons (Fsp3) is 0.861. The number of carbonyl (C=O) groups is 5. The second-order valence-corrected chi connectivity index (χ2v) is 13.7. The van der Waals surface area contributed by atoms with Crippen molar-refractivity contribution in [1.82, 2.24) is 0 Å². The van der Waals surface area contributed by atoms with Gasteiger partial charge in [-0.05, 0) is 31.6 Å². The highest BCUT2D eigenvalue weighted by Gasteiger charge is 2.42. The molecule has 14 atom stereocenters. The average molecular weight is 753 g/mol. The van der Waals surface area contributed by atoms with Gasteiger partial charge in [-0.25, -0.2) is 24.0 Å². The van der Waals surface area contributed by atoms with Gasteiger partial charge in [0.05, 0.1) is 6.61 Å². The van der Waals surface area contributed by atoms with Crippen LogP contribution in [0.2, 0.25) is 0 Å². The van der Waals surface area contributed by atoms with Crippen molar-refractivity contribution in [3.8, 4) is 0 Å². The molecule has 0 saturated heterocycles. The molecule has 52 heavy (non-hydrogen) atoms. The molecule has 0 fully saturated rings. The normalized spacial score (nSPS) is 19.8. The van der Waals surface area contributed by atoms with E-state index in [1.54, 1.807) is 69.2 Å². The summed E-state index contributed by atoms with van der Waals surface area (Å²) >= 11 is 0. The van der Waals surface area contributed by atoms with Crippen molar-refractivity contribution < 1.29 is 78.3 Å². The van der Waals surface area contributed by atoms with Crippen LogP contribution in [0.15, 0.2) is 0 Å². The van der Waals surface area contributed by atoms with Crippen molar-refractivity contribution >= 4 is 29.8 Å². The molecule has 6 N–H and O–H groups in total. The zero-order chi connectivity index (χ0) is 40.5. The Bertz CT molecular complexity index is 1100. The topological polar surface area (TPSA) is 253 Å². The Labute approximate surface area is 307 Å². The number of aliphatic hydroxyl groups excluding tert-OH is 6. The summed E-state index contributed by atoms with van der Waals surface area (Å²) in [6, 6.07) is 0. The smallest absolute Gasteiger partial charge is 0.348 e. The Hall–Kier alpha value is -2.89. The first kappa shape index (κ1) is 49.1. The van der Waals surface area contributed by atoms with Crippen molar-refractivity contribution in [2.24, 2.45) is 29.6 Å². The van der Waals surface area contributed by atoms with E-state index < -0.39 is 128 Å². The maximum atomic E-state index is 13.7. The van der Waals surface area contributed by atoms with Crippen LogP contribution in [-0.4, -0.2) is 129 Å². The molecule has 0 aliphatic rings. The Morgan fingerprint density at radius 2 is 0.731 bits per heavy atom. The average Bonchev–Trinajstić information content (AvgIpc) is 3.15. The van der Waals surface area contributed by atoms with Crippen LogP contribution in [-0.2, 0) is 47.7 Å². The summed E-state index contributed by atoms with van der Waals surface area (Å²) < 4.78 is 27.2. The molecule has 0 spiro atoms. The third-order valence-electron chi connectivity index (χ3n) is 9.69. The van der Waals surface area contributed by atoms with Gasteiger partial charge in [-0.3, -0.25) is 0 Å². The molecule has 0 amide bonds. The Kier molecular flexibility index (Phi) is 23.1.